The van der Waals surface area contributed by atoms with Crippen molar-refractivity contribution in [3.63, 3.8) is 0 Å². The Balaban J connectivity index is 2.13. The van der Waals surface area contributed by atoms with E-state index in [0.29, 0.717) is 6.54 Å². The molecule has 0 spiro atoms. The van der Waals surface area contributed by atoms with E-state index in [9.17, 15) is 0 Å². The molecular formula is C12H13N3S. The summed E-state index contributed by atoms with van der Waals surface area (Å²) in [6, 6.07) is 8.00. The maximum Gasteiger partial charge on any atom is 0.0467 e. The summed E-state index contributed by atoms with van der Waals surface area (Å²) in [5, 5.41) is 0.269. The van der Waals surface area contributed by atoms with Gasteiger partial charge >= 0.3 is 0 Å². The third-order valence-electron chi connectivity index (χ3n) is 2.22. The van der Waals surface area contributed by atoms with Crippen LogP contribution in [0.25, 0.3) is 0 Å². The van der Waals surface area contributed by atoms with Crippen LogP contribution in [-0.4, -0.2) is 16.5 Å². The minimum absolute atomic E-state index is 0.269. The van der Waals surface area contributed by atoms with Crippen molar-refractivity contribution in [1.29, 1.82) is 0 Å². The van der Waals surface area contributed by atoms with Gasteiger partial charge in [-0.15, -0.1) is 11.8 Å². The summed E-state index contributed by atoms with van der Waals surface area (Å²) in [7, 11) is 0. The van der Waals surface area contributed by atoms with Gasteiger partial charge in [-0.1, -0.05) is 0 Å². The number of aromatic nitrogens is 2. The van der Waals surface area contributed by atoms with Gasteiger partial charge in [0.25, 0.3) is 0 Å². The Morgan fingerprint density at radius 2 is 1.56 bits per heavy atom. The minimum atomic E-state index is 0.269. The number of hydrogen-bond donors (Lipinski definition) is 1. The van der Waals surface area contributed by atoms with Crippen LogP contribution in [0.5, 0.6) is 0 Å². The molecule has 0 fully saturated rings. The molecule has 0 aromatic carbocycles. The molecule has 82 valence electrons. The molecule has 4 heteroatoms. The number of nitrogens with zero attached hydrogens (tertiary/aromatic N) is 2. The Morgan fingerprint density at radius 1 is 1.00 bits per heavy atom. The van der Waals surface area contributed by atoms with Crippen molar-refractivity contribution < 1.29 is 0 Å². The Hall–Kier alpha value is -1.39. The van der Waals surface area contributed by atoms with Crippen LogP contribution in [-0.2, 0) is 0 Å². The zero-order valence-corrected chi connectivity index (χ0v) is 9.60. The van der Waals surface area contributed by atoms with E-state index in [1.807, 2.05) is 24.3 Å². The molecule has 0 bridgehead atoms. The molecule has 0 saturated carbocycles. The lowest BCUT2D eigenvalue weighted by Crippen LogP contribution is -2.09. The van der Waals surface area contributed by atoms with Crippen LogP contribution < -0.4 is 5.73 Å². The SMILES string of the molecule is NCC(Sc1ccncc1)c1ccncc1. The van der Waals surface area contributed by atoms with Gasteiger partial charge in [0.2, 0.25) is 0 Å². The molecule has 0 amide bonds. The summed E-state index contributed by atoms with van der Waals surface area (Å²) in [5.41, 5.74) is 7.00. The first kappa shape index (κ1) is 11.1. The molecule has 1 unspecified atom stereocenters. The summed E-state index contributed by atoms with van der Waals surface area (Å²) in [6.45, 7) is 0.608. The van der Waals surface area contributed by atoms with Crippen LogP contribution in [0, 0.1) is 0 Å². The van der Waals surface area contributed by atoms with Crippen LogP contribution in [0.4, 0.5) is 0 Å². The second kappa shape index (κ2) is 5.63. The number of hydrogen-bond acceptors (Lipinski definition) is 4. The van der Waals surface area contributed by atoms with Gasteiger partial charge in [-0.25, -0.2) is 0 Å². The first-order valence-corrected chi connectivity index (χ1v) is 5.95. The minimum Gasteiger partial charge on any atom is -0.329 e. The summed E-state index contributed by atoms with van der Waals surface area (Å²) < 4.78 is 0. The summed E-state index contributed by atoms with van der Waals surface area (Å²) in [5.74, 6) is 0. The highest BCUT2D eigenvalue weighted by molar-refractivity contribution is 7.99. The lowest BCUT2D eigenvalue weighted by atomic mass is 10.2. The van der Waals surface area contributed by atoms with E-state index in [0.717, 1.165) is 0 Å². The van der Waals surface area contributed by atoms with Crippen LogP contribution in [0.15, 0.2) is 53.9 Å². The van der Waals surface area contributed by atoms with E-state index in [1.54, 1.807) is 36.5 Å². The molecule has 2 aromatic rings. The van der Waals surface area contributed by atoms with Gasteiger partial charge in [0.15, 0.2) is 0 Å². The van der Waals surface area contributed by atoms with Crippen molar-refractivity contribution in [1.82, 2.24) is 9.97 Å². The molecule has 1 atom stereocenters. The van der Waals surface area contributed by atoms with E-state index >= 15 is 0 Å². The van der Waals surface area contributed by atoms with E-state index < -0.39 is 0 Å². The predicted octanol–water partition coefficient (Wildman–Crippen LogP) is 2.27. The largest absolute Gasteiger partial charge is 0.329 e. The highest BCUT2D eigenvalue weighted by atomic mass is 32.2. The fourth-order valence-electron chi connectivity index (χ4n) is 1.41. The molecule has 0 aliphatic carbocycles. The lowest BCUT2D eigenvalue weighted by Gasteiger charge is -2.14. The number of rotatable bonds is 4. The fourth-order valence-corrected chi connectivity index (χ4v) is 2.41. The topological polar surface area (TPSA) is 51.8 Å². The molecule has 2 aromatic heterocycles. The average molecular weight is 231 g/mol. The maximum atomic E-state index is 5.80. The lowest BCUT2D eigenvalue weighted by molar-refractivity contribution is 0.936. The highest BCUT2D eigenvalue weighted by Gasteiger charge is 2.10. The molecule has 2 N–H and O–H groups in total. The van der Waals surface area contributed by atoms with Crippen LogP contribution in [0.3, 0.4) is 0 Å². The van der Waals surface area contributed by atoms with E-state index in [4.69, 9.17) is 5.73 Å². The highest BCUT2D eigenvalue weighted by Crippen LogP contribution is 2.33. The second-order valence-corrected chi connectivity index (χ2v) is 4.58. The number of thioether (sulfide) groups is 1. The molecule has 0 aliphatic rings. The first-order valence-electron chi connectivity index (χ1n) is 5.07. The second-order valence-electron chi connectivity index (χ2n) is 3.31. The molecule has 2 rings (SSSR count). The Labute approximate surface area is 99.1 Å². The van der Waals surface area contributed by atoms with Crippen molar-refractivity contribution in [2.24, 2.45) is 5.73 Å². The van der Waals surface area contributed by atoms with E-state index in [2.05, 4.69) is 9.97 Å². The van der Waals surface area contributed by atoms with E-state index in [-0.39, 0.29) is 5.25 Å². The molecule has 2 heterocycles. The van der Waals surface area contributed by atoms with Gasteiger partial charge in [0.1, 0.15) is 0 Å². The Bertz CT molecular complexity index is 419. The Kier molecular flexibility index (Phi) is 3.91. The normalized spacial score (nSPS) is 12.3. The molecule has 0 radical (unpaired) electrons. The van der Waals surface area contributed by atoms with Crippen molar-refractivity contribution in [2.75, 3.05) is 6.54 Å². The van der Waals surface area contributed by atoms with Crippen molar-refractivity contribution >= 4 is 11.8 Å². The van der Waals surface area contributed by atoms with Gasteiger partial charge in [-0.05, 0) is 29.8 Å². The van der Waals surface area contributed by atoms with Crippen LogP contribution in [0.2, 0.25) is 0 Å². The zero-order valence-electron chi connectivity index (χ0n) is 8.78. The number of nitrogens with two attached hydrogens (primary N) is 1. The predicted molar refractivity (Wildman–Crippen MR) is 66.1 cm³/mol. The van der Waals surface area contributed by atoms with Gasteiger partial charge in [0, 0.05) is 41.5 Å². The monoisotopic (exact) mass is 231 g/mol. The molecule has 16 heavy (non-hydrogen) atoms. The van der Waals surface area contributed by atoms with Crippen LogP contribution in [0.1, 0.15) is 10.8 Å². The molecule has 0 aliphatic heterocycles. The van der Waals surface area contributed by atoms with Crippen molar-refractivity contribution in [3.8, 4) is 0 Å². The standard InChI is InChI=1S/C12H13N3S/c13-9-12(10-1-5-14-6-2-10)16-11-3-7-15-8-4-11/h1-8,12H,9,13H2. The maximum absolute atomic E-state index is 5.80. The van der Waals surface area contributed by atoms with Crippen molar-refractivity contribution in [2.45, 2.75) is 10.1 Å². The van der Waals surface area contributed by atoms with Gasteiger partial charge < -0.3 is 5.73 Å². The molecular weight excluding hydrogens is 218 g/mol. The molecule has 3 nitrogen and oxygen atoms in total. The zero-order chi connectivity index (χ0) is 11.2. The third-order valence-corrected chi connectivity index (χ3v) is 3.51. The Morgan fingerprint density at radius 3 is 2.12 bits per heavy atom. The summed E-state index contributed by atoms with van der Waals surface area (Å²) >= 11 is 1.75. The van der Waals surface area contributed by atoms with Gasteiger partial charge in [0.05, 0.1) is 0 Å². The quantitative estimate of drug-likeness (QED) is 0.820. The van der Waals surface area contributed by atoms with Gasteiger partial charge in [-0.3, -0.25) is 9.97 Å². The summed E-state index contributed by atoms with van der Waals surface area (Å²) in [6.07, 6.45) is 7.18. The fraction of sp³-hybridized carbons (Fsp3) is 0.167. The average Bonchev–Trinajstić information content (AvgIpc) is 2.38. The van der Waals surface area contributed by atoms with Crippen LogP contribution >= 0.6 is 11.8 Å². The number of pyridine rings is 2. The molecule has 0 saturated heterocycles. The van der Waals surface area contributed by atoms with E-state index in [1.165, 1.54) is 10.5 Å². The smallest absolute Gasteiger partial charge is 0.0467 e. The third kappa shape index (κ3) is 2.81. The van der Waals surface area contributed by atoms with Gasteiger partial charge in [-0.2, -0.15) is 0 Å². The summed E-state index contributed by atoms with van der Waals surface area (Å²) in [4.78, 5) is 9.19. The van der Waals surface area contributed by atoms with Crippen molar-refractivity contribution in [3.05, 3.63) is 54.6 Å². The first-order chi connectivity index (χ1) is 7.90.